The number of halogens is 1. The van der Waals surface area contributed by atoms with Crippen LogP contribution in [0.15, 0.2) is 36.0 Å². The molecule has 1 atom stereocenters. The number of hydrogen-bond donors (Lipinski definition) is 0. The van der Waals surface area contributed by atoms with Gasteiger partial charge in [-0.3, -0.25) is 0 Å². The number of allylic oxidation sites excluding steroid dienone is 2. The molecule has 0 amide bonds. The van der Waals surface area contributed by atoms with Gasteiger partial charge in [-0.1, -0.05) is 30.4 Å². The summed E-state index contributed by atoms with van der Waals surface area (Å²) in [6.07, 6.45) is 10.9. The average molecular weight is 245 g/mol. The highest BCUT2D eigenvalue weighted by Crippen LogP contribution is 2.26. The summed E-state index contributed by atoms with van der Waals surface area (Å²) in [5.41, 5.74) is 1.44. The molecule has 2 rings (SSSR count). The molecule has 0 N–H and O–H groups in total. The molecule has 52 valence electrons. The Bertz CT molecular complexity index is 227. The lowest BCUT2D eigenvalue weighted by Crippen LogP contribution is -2.20. The number of nitrogens with zero attached hydrogens (tertiary/aromatic N) is 1. The average Bonchev–Trinajstić information content (AvgIpc) is 2.34. The van der Waals surface area contributed by atoms with Crippen molar-refractivity contribution in [3.05, 3.63) is 36.0 Å². The molecule has 0 fully saturated rings. The molecule has 0 radical (unpaired) electrons. The van der Waals surface area contributed by atoms with Crippen LogP contribution in [0.25, 0.3) is 0 Å². The predicted octanol–water partition coefficient (Wildman–Crippen LogP) is 2.07. The second-order valence-corrected chi connectivity index (χ2v) is 3.71. The minimum absolute atomic E-state index is 0.547. The van der Waals surface area contributed by atoms with E-state index in [9.17, 15) is 0 Å². The zero-order valence-corrected chi connectivity index (χ0v) is 7.65. The Morgan fingerprint density at radius 3 is 3.20 bits per heavy atom. The van der Waals surface area contributed by atoms with E-state index in [4.69, 9.17) is 0 Å². The molecule has 1 heterocycles. The first kappa shape index (κ1) is 6.61. The fourth-order valence-electron chi connectivity index (χ4n) is 1.30. The first-order valence-electron chi connectivity index (χ1n) is 3.35. The lowest BCUT2D eigenvalue weighted by atomic mass is 10.1. The summed E-state index contributed by atoms with van der Waals surface area (Å²) in [5, 5.41) is 0. The third-order valence-corrected chi connectivity index (χ3v) is 2.83. The Kier molecular flexibility index (Phi) is 1.66. The van der Waals surface area contributed by atoms with Crippen LogP contribution in [-0.2, 0) is 0 Å². The molecule has 0 bridgehead atoms. The Labute approximate surface area is 74.6 Å². The second-order valence-electron chi connectivity index (χ2n) is 2.48. The van der Waals surface area contributed by atoms with Crippen molar-refractivity contribution in [3.8, 4) is 0 Å². The minimum Gasteiger partial charge on any atom is -0.232 e. The summed E-state index contributed by atoms with van der Waals surface area (Å²) in [4.78, 5) is 0. The van der Waals surface area contributed by atoms with Crippen molar-refractivity contribution in [2.75, 3.05) is 6.54 Å². The van der Waals surface area contributed by atoms with Crippen LogP contribution in [0.4, 0.5) is 0 Å². The minimum atomic E-state index is 0.547. The van der Waals surface area contributed by atoms with Crippen LogP contribution in [0.3, 0.4) is 0 Å². The van der Waals surface area contributed by atoms with E-state index in [-0.39, 0.29) is 0 Å². The molecule has 0 spiro atoms. The van der Waals surface area contributed by atoms with Gasteiger partial charge in [0.25, 0.3) is 0 Å². The molecule has 0 aromatic carbocycles. The maximum atomic E-state index is 2.36. The van der Waals surface area contributed by atoms with Crippen molar-refractivity contribution in [2.24, 2.45) is 0 Å². The van der Waals surface area contributed by atoms with Crippen LogP contribution in [0, 0.1) is 0 Å². The second kappa shape index (κ2) is 2.51. The Morgan fingerprint density at radius 2 is 2.40 bits per heavy atom. The summed E-state index contributed by atoms with van der Waals surface area (Å²) in [6.45, 7) is 1.08. The molecule has 2 heteroatoms. The van der Waals surface area contributed by atoms with Gasteiger partial charge in [-0.05, 0) is 5.57 Å². The summed E-state index contributed by atoms with van der Waals surface area (Å²) >= 11 is 2.36. The van der Waals surface area contributed by atoms with E-state index < -0.39 is 0 Å². The van der Waals surface area contributed by atoms with E-state index >= 15 is 0 Å². The molecule has 1 nitrogen and oxygen atoms in total. The van der Waals surface area contributed by atoms with E-state index in [1.807, 2.05) is 0 Å². The maximum absolute atomic E-state index is 2.36. The number of rotatable bonds is 0. The quantitative estimate of drug-likeness (QED) is 0.466. The van der Waals surface area contributed by atoms with Crippen LogP contribution in [0.2, 0.25) is 0 Å². The first-order valence-corrected chi connectivity index (χ1v) is 4.32. The van der Waals surface area contributed by atoms with Crippen LogP contribution in [0.5, 0.6) is 0 Å². The van der Waals surface area contributed by atoms with Crippen LogP contribution in [-0.4, -0.2) is 15.7 Å². The lowest BCUT2D eigenvalue weighted by molar-refractivity contribution is 0.567. The van der Waals surface area contributed by atoms with Crippen molar-refractivity contribution < 1.29 is 0 Å². The summed E-state index contributed by atoms with van der Waals surface area (Å²) < 4.78 is 2.30. The largest absolute Gasteiger partial charge is 0.232 e. The molecule has 1 unspecified atom stereocenters. The molecule has 10 heavy (non-hydrogen) atoms. The van der Waals surface area contributed by atoms with Gasteiger partial charge < -0.3 is 0 Å². The highest BCUT2D eigenvalue weighted by Gasteiger charge is 2.21. The van der Waals surface area contributed by atoms with Gasteiger partial charge in [0.15, 0.2) is 0 Å². The first-order chi connectivity index (χ1) is 4.88. The summed E-state index contributed by atoms with van der Waals surface area (Å²) in [6, 6.07) is 0.547. The van der Waals surface area contributed by atoms with Gasteiger partial charge in [0.1, 0.15) is 0 Å². The molecule has 0 aromatic heterocycles. The van der Waals surface area contributed by atoms with Crippen LogP contribution >= 0.6 is 22.9 Å². The fourth-order valence-corrected chi connectivity index (χ4v) is 2.00. The van der Waals surface area contributed by atoms with Crippen LogP contribution < -0.4 is 0 Å². The smallest absolute Gasteiger partial charge is 0.0628 e. The molecule has 0 saturated heterocycles. The van der Waals surface area contributed by atoms with E-state index in [0.717, 1.165) is 6.54 Å². The number of hydrogen-bond acceptors (Lipinski definition) is 1. The van der Waals surface area contributed by atoms with E-state index in [1.165, 1.54) is 5.57 Å². The monoisotopic (exact) mass is 245 g/mol. The Morgan fingerprint density at radius 1 is 1.50 bits per heavy atom. The van der Waals surface area contributed by atoms with Gasteiger partial charge in [0.05, 0.1) is 6.04 Å². The van der Waals surface area contributed by atoms with Gasteiger partial charge in [-0.2, -0.15) is 0 Å². The van der Waals surface area contributed by atoms with Gasteiger partial charge >= 0.3 is 0 Å². The Balaban J connectivity index is 2.30. The van der Waals surface area contributed by atoms with Crippen molar-refractivity contribution in [2.45, 2.75) is 6.04 Å². The lowest BCUT2D eigenvalue weighted by Gasteiger charge is -2.17. The van der Waals surface area contributed by atoms with Gasteiger partial charge in [0.2, 0.25) is 0 Å². The third-order valence-electron chi connectivity index (χ3n) is 1.84. The fraction of sp³-hybridized carbons (Fsp3) is 0.250. The maximum Gasteiger partial charge on any atom is 0.0628 e. The van der Waals surface area contributed by atoms with E-state index in [1.54, 1.807) is 0 Å². The third kappa shape index (κ3) is 0.953. The molecule has 0 saturated carbocycles. The highest BCUT2D eigenvalue weighted by molar-refractivity contribution is 14.1. The SMILES string of the molecule is IN1CC=C2C=CC=CC21. The van der Waals surface area contributed by atoms with Gasteiger partial charge in [-0.15, -0.1) is 0 Å². The Hall–Kier alpha value is -0.0900. The predicted molar refractivity (Wildman–Crippen MR) is 50.9 cm³/mol. The summed E-state index contributed by atoms with van der Waals surface area (Å²) in [5.74, 6) is 0. The zero-order chi connectivity index (χ0) is 6.97. The van der Waals surface area contributed by atoms with Crippen molar-refractivity contribution in [1.29, 1.82) is 0 Å². The normalized spacial score (nSPS) is 30.5. The topological polar surface area (TPSA) is 3.24 Å². The molecule has 1 aliphatic heterocycles. The van der Waals surface area contributed by atoms with E-state index in [2.05, 4.69) is 56.4 Å². The van der Waals surface area contributed by atoms with E-state index in [0.29, 0.717) is 6.04 Å². The highest BCUT2D eigenvalue weighted by atomic mass is 127. The molecular weight excluding hydrogens is 237 g/mol. The van der Waals surface area contributed by atoms with Crippen molar-refractivity contribution >= 4 is 22.9 Å². The number of fused-ring (bicyclic) bond motifs is 1. The van der Waals surface area contributed by atoms with Crippen LogP contribution in [0.1, 0.15) is 0 Å². The zero-order valence-electron chi connectivity index (χ0n) is 5.50. The molecule has 0 aromatic rings. The molecular formula is C8H8IN. The van der Waals surface area contributed by atoms with Gasteiger partial charge in [0, 0.05) is 29.4 Å². The molecule has 1 aliphatic carbocycles. The van der Waals surface area contributed by atoms with Crippen molar-refractivity contribution in [3.63, 3.8) is 0 Å². The van der Waals surface area contributed by atoms with Gasteiger partial charge in [-0.25, -0.2) is 3.11 Å². The molecule has 2 aliphatic rings. The van der Waals surface area contributed by atoms with Crippen molar-refractivity contribution in [1.82, 2.24) is 3.11 Å². The summed E-state index contributed by atoms with van der Waals surface area (Å²) in [7, 11) is 0. The standard InChI is InChI=1S/C8H8IN/c9-10-6-5-7-3-1-2-4-8(7)10/h1-5,8H,6H2.